The van der Waals surface area contributed by atoms with Gasteiger partial charge in [-0.15, -0.1) is 0 Å². The van der Waals surface area contributed by atoms with Gasteiger partial charge in [-0.3, -0.25) is 4.79 Å². The van der Waals surface area contributed by atoms with Crippen molar-refractivity contribution in [2.24, 2.45) is 5.92 Å². The first kappa shape index (κ1) is 17.3. The zero-order valence-electron chi connectivity index (χ0n) is 15.6. The van der Waals surface area contributed by atoms with E-state index in [9.17, 15) is 14.7 Å². The number of fused-ring (bicyclic) bond motifs is 3. The van der Waals surface area contributed by atoms with Gasteiger partial charge in [0.1, 0.15) is 6.61 Å². The van der Waals surface area contributed by atoms with E-state index < -0.39 is 17.4 Å². The number of carboxylic acids is 1. The predicted molar refractivity (Wildman–Crippen MR) is 104 cm³/mol. The molecule has 28 heavy (non-hydrogen) atoms. The molecule has 5 rings (SSSR count). The van der Waals surface area contributed by atoms with Crippen LogP contribution in [0.5, 0.6) is 0 Å². The van der Waals surface area contributed by atoms with Crippen molar-refractivity contribution >= 4 is 12.1 Å². The monoisotopic (exact) mass is 377 g/mol. The van der Waals surface area contributed by atoms with E-state index in [-0.39, 0.29) is 18.6 Å². The lowest BCUT2D eigenvalue weighted by molar-refractivity contribution is -0.146. The van der Waals surface area contributed by atoms with Crippen LogP contribution < -0.4 is 0 Å². The zero-order chi connectivity index (χ0) is 19.3. The summed E-state index contributed by atoms with van der Waals surface area (Å²) < 4.78 is 5.78. The summed E-state index contributed by atoms with van der Waals surface area (Å²) in [6.07, 6.45) is 2.63. The molecule has 1 saturated carbocycles. The third-order valence-corrected chi connectivity index (χ3v) is 6.90. The Hall–Kier alpha value is -2.82. The molecule has 1 saturated heterocycles. The Morgan fingerprint density at radius 2 is 1.64 bits per heavy atom. The van der Waals surface area contributed by atoms with E-state index in [1.165, 1.54) is 22.3 Å². The number of carbonyl (C=O) groups excluding carboxylic acids is 1. The third-order valence-electron chi connectivity index (χ3n) is 6.90. The van der Waals surface area contributed by atoms with Gasteiger partial charge in [-0.1, -0.05) is 48.5 Å². The summed E-state index contributed by atoms with van der Waals surface area (Å²) in [5, 5.41) is 9.56. The largest absolute Gasteiger partial charge is 0.481 e. The first-order chi connectivity index (χ1) is 13.6. The number of hydrogen-bond donors (Lipinski definition) is 1. The molecule has 0 aromatic heterocycles. The molecule has 2 aliphatic carbocycles. The minimum absolute atomic E-state index is 0.0200. The van der Waals surface area contributed by atoms with Gasteiger partial charge in [-0.05, 0) is 47.9 Å². The number of aliphatic carboxylic acids is 1. The number of likely N-dealkylation sites (tertiary alicyclic amines) is 1. The van der Waals surface area contributed by atoms with Crippen LogP contribution in [0.25, 0.3) is 11.1 Å². The molecule has 2 aromatic rings. The molecule has 1 heterocycles. The molecule has 2 aromatic carbocycles. The van der Waals surface area contributed by atoms with Crippen LogP contribution in [0.2, 0.25) is 0 Å². The molecular weight excluding hydrogens is 354 g/mol. The van der Waals surface area contributed by atoms with Crippen LogP contribution in [-0.2, 0) is 9.53 Å². The molecule has 144 valence electrons. The minimum Gasteiger partial charge on any atom is -0.481 e. The van der Waals surface area contributed by atoms with E-state index in [1.807, 2.05) is 24.3 Å². The number of carbonyl (C=O) groups is 2. The number of ether oxygens (including phenoxy) is 1. The van der Waals surface area contributed by atoms with Gasteiger partial charge in [-0.25, -0.2) is 4.79 Å². The fraction of sp³-hybridized carbons (Fsp3) is 0.391. The Morgan fingerprint density at radius 1 is 1.04 bits per heavy atom. The van der Waals surface area contributed by atoms with E-state index in [2.05, 4.69) is 24.3 Å². The van der Waals surface area contributed by atoms with Crippen molar-refractivity contribution in [3.05, 3.63) is 59.7 Å². The summed E-state index contributed by atoms with van der Waals surface area (Å²) in [5.41, 5.74) is 4.22. The summed E-state index contributed by atoms with van der Waals surface area (Å²) in [7, 11) is 0. The lowest BCUT2D eigenvalue weighted by Gasteiger charge is -2.47. The summed E-state index contributed by atoms with van der Waals surface area (Å²) in [6.45, 7) is 0.741. The highest BCUT2D eigenvalue weighted by Crippen LogP contribution is 2.50. The Labute approximate surface area is 163 Å². The second-order valence-corrected chi connectivity index (χ2v) is 8.09. The fourth-order valence-electron chi connectivity index (χ4n) is 5.39. The van der Waals surface area contributed by atoms with Gasteiger partial charge < -0.3 is 14.7 Å². The van der Waals surface area contributed by atoms with Gasteiger partial charge in [0.15, 0.2) is 0 Å². The maximum Gasteiger partial charge on any atom is 0.410 e. The van der Waals surface area contributed by atoms with Crippen molar-refractivity contribution in [1.82, 2.24) is 4.90 Å². The smallest absolute Gasteiger partial charge is 0.410 e. The lowest BCUT2D eigenvalue weighted by Crippen LogP contribution is -2.57. The number of rotatable bonds is 3. The Bertz CT molecular complexity index is 904. The zero-order valence-corrected chi connectivity index (χ0v) is 15.6. The average Bonchev–Trinajstić information content (AvgIpc) is 3.23. The van der Waals surface area contributed by atoms with Gasteiger partial charge in [0.2, 0.25) is 0 Å². The second kappa shape index (κ2) is 6.36. The number of nitrogens with zero attached hydrogens (tertiary/aromatic N) is 1. The highest BCUT2D eigenvalue weighted by Gasteiger charge is 2.57. The summed E-state index contributed by atoms with van der Waals surface area (Å²) in [4.78, 5) is 26.3. The van der Waals surface area contributed by atoms with Crippen LogP contribution >= 0.6 is 0 Å². The van der Waals surface area contributed by atoms with Gasteiger partial charge in [0.05, 0.1) is 11.5 Å². The van der Waals surface area contributed by atoms with Crippen LogP contribution in [0.4, 0.5) is 4.79 Å². The Balaban J connectivity index is 1.36. The number of carboxylic acid groups (broad SMARTS) is 1. The molecule has 1 aliphatic heterocycles. The van der Waals surface area contributed by atoms with E-state index >= 15 is 0 Å². The molecule has 0 bridgehead atoms. The van der Waals surface area contributed by atoms with E-state index in [0.717, 1.165) is 19.3 Å². The van der Waals surface area contributed by atoms with Crippen molar-refractivity contribution in [1.29, 1.82) is 0 Å². The molecule has 3 aliphatic rings. The topological polar surface area (TPSA) is 66.8 Å². The summed E-state index contributed by atoms with van der Waals surface area (Å²) in [5.74, 6) is -1.25. The highest BCUT2D eigenvalue weighted by molar-refractivity contribution is 5.80. The quantitative estimate of drug-likeness (QED) is 0.868. The van der Waals surface area contributed by atoms with Crippen molar-refractivity contribution in [2.45, 2.75) is 37.1 Å². The maximum atomic E-state index is 12.9. The molecule has 1 N–H and O–H groups in total. The fourth-order valence-corrected chi connectivity index (χ4v) is 5.39. The molecule has 2 fully saturated rings. The van der Waals surface area contributed by atoms with Gasteiger partial charge in [0.25, 0.3) is 0 Å². The first-order valence-electron chi connectivity index (χ1n) is 9.97. The molecule has 1 atom stereocenters. The number of hydrogen-bond acceptors (Lipinski definition) is 3. The first-order valence-corrected chi connectivity index (χ1v) is 9.97. The normalized spacial score (nSPS) is 21.9. The Kier molecular flexibility index (Phi) is 3.93. The van der Waals surface area contributed by atoms with E-state index in [4.69, 9.17) is 4.74 Å². The van der Waals surface area contributed by atoms with Crippen LogP contribution in [0.15, 0.2) is 48.5 Å². The highest BCUT2D eigenvalue weighted by atomic mass is 16.6. The van der Waals surface area contributed by atoms with Crippen molar-refractivity contribution < 1.29 is 19.4 Å². The standard InChI is InChI=1S/C23H23NO4/c25-21(26)20-10-13-24(23(20)11-5-12-23)22(27)28-14-19-17-8-3-1-6-15(17)16-7-2-4-9-18(16)19/h1-4,6-9,19-20H,5,10-14H2,(H,25,26). The van der Waals surface area contributed by atoms with Gasteiger partial charge in [-0.2, -0.15) is 0 Å². The average molecular weight is 377 g/mol. The van der Waals surface area contributed by atoms with E-state index in [0.29, 0.717) is 13.0 Å². The summed E-state index contributed by atoms with van der Waals surface area (Å²) >= 11 is 0. The number of benzene rings is 2. The SMILES string of the molecule is O=C(O)C1CCN(C(=O)OCC2c3ccccc3-c3ccccc32)C12CCC2. The molecule has 5 heteroatoms. The number of amides is 1. The minimum atomic E-state index is -0.798. The molecule has 1 amide bonds. The summed E-state index contributed by atoms with van der Waals surface area (Å²) in [6, 6.07) is 16.5. The van der Waals surface area contributed by atoms with Crippen LogP contribution in [-0.4, -0.2) is 40.8 Å². The maximum absolute atomic E-state index is 12.9. The molecular formula is C23H23NO4. The molecule has 1 unspecified atom stereocenters. The van der Waals surface area contributed by atoms with Gasteiger partial charge in [0, 0.05) is 12.5 Å². The lowest BCUT2D eigenvalue weighted by atomic mass is 9.68. The van der Waals surface area contributed by atoms with Crippen LogP contribution in [0.1, 0.15) is 42.7 Å². The van der Waals surface area contributed by atoms with Crippen LogP contribution in [0.3, 0.4) is 0 Å². The van der Waals surface area contributed by atoms with Crippen molar-refractivity contribution in [2.75, 3.05) is 13.2 Å². The molecule has 5 nitrogen and oxygen atoms in total. The van der Waals surface area contributed by atoms with Gasteiger partial charge >= 0.3 is 12.1 Å². The van der Waals surface area contributed by atoms with Crippen molar-refractivity contribution in [3.8, 4) is 11.1 Å². The Morgan fingerprint density at radius 3 is 2.18 bits per heavy atom. The molecule has 1 spiro atoms. The predicted octanol–water partition coefficient (Wildman–Crippen LogP) is 4.26. The molecule has 0 radical (unpaired) electrons. The second-order valence-electron chi connectivity index (χ2n) is 8.09. The van der Waals surface area contributed by atoms with Crippen molar-refractivity contribution in [3.63, 3.8) is 0 Å². The van der Waals surface area contributed by atoms with Crippen LogP contribution in [0, 0.1) is 5.92 Å². The third kappa shape index (κ3) is 2.38. The van der Waals surface area contributed by atoms with E-state index in [1.54, 1.807) is 4.90 Å².